The van der Waals surface area contributed by atoms with Crippen LogP contribution >= 0.6 is 0 Å². The number of aromatic amines is 1. The first-order valence-corrected chi connectivity index (χ1v) is 6.80. The summed E-state index contributed by atoms with van der Waals surface area (Å²) in [6.45, 7) is 2.59. The lowest BCUT2D eigenvalue weighted by Crippen LogP contribution is -2.01. The molecule has 0 saturated heterocycles. The minimum absolute atomic E-state index is 0.202. The van der Waals surface area contributed by atoms with Gasteiger partial charge in [0.25, 0.3) is 0 Å². The lowest BCUT2D eigenvalue weighted by molar-refractivity contribution is 0.625. The maximum Gasteiger partial charge on any atom is 0.123 e. The molecule has 106 valence electrons. The smallest absolute Gasteiger partial charge is 0.123 e. The van der Waals surface area contributed by atoms with Crippen LogP contribution in [0.15, 0.2) is 55.0 Å². The number of imidazole rings is 1. The predicted octanol–water partition coefficient (Wildman–Crippen LogP) is 4.14. The summed E-state index contributed by atoms with van der Waals surface area (Å²) in [4.78, 5) is 7.08. The number of aromatic nitrogens is 2. The second-order valence-electron chi connectivity index (χ2n) is 4.97. The predicted molar refractivity (Wildman–Crippen MR) is 82.5 cm³/mol. The van der Waals surface area contributed by atoms with Crippen molar-refractivity contribution in [3.8, 4) is 11.3 Å². The summed E-state index contributed by atoms with van der Waals surface area (Å²) in [7, 11) is 0. The molecule has 1 aromatic heterocycles. The zero-order valence-electron chi connectivity index (χ0n) is 11.7. The first-order chi connectivity index (χ1) is 10.2. The van der Waals surface area contributed by atoms with Gasteiger partial charge in [-0.3, -0.25) is 0 Å². The van der Waals surface area contributed by atoms with Crippen LogP contribution in [-0.4, -0.2) is 9.97 Å². The van der Waals surface area contributed by atoms with Gasteiger partial charge in [0.1, 0.15) is 5.82 Å². The van der Waals surface area contributed by atoms with E-state index in [2.05, 4.69) is 15.3 Å². The van der Waals surface area contributed by atoms with E-state index in [9.17, 15) is 4.39 Å². The molecule has 1 heterocycles. The van der Waals surface area contributed by atoms with Crippen molar-refractivity contribution in [1.82, 2.24) is 9.97 Å². The highest BCUT2D eigenvalue weighted by Crippen LogP contribution is 2.19. The summed E-state index contributed by atoms with van der Waals surface area (Å²) < 4.78 is 13.2. The summed E-state index contributed by atoms with van der Waals surface area (Å²) in [5.74, 6) is -0.202. The number of anilines is 1. The number of aryl methyl sites for hydroxylation is 1. The topological polar surface area (TPSA) is 40.7 Å². The van der Waals surface area contributed by atoms with Crippen LogP contribution in [0.5, 0.6) is 0 Å². The number of rotatable bonds is 4. The Kier molecular flexibility index (Phi) is 3.69. The summed E-state index contributed by atoms with van der Waals surface area (Å²) in [6.07, 6.45) is 3.45. The van der Waals surface area contributed by atoms with Gasteiger partial charge in [-0.25, -0.2) is 9.37 Å². The number of H-pyrrole nitrogens is 1. The van der Waals surface area contributed by atoms with Gasteiger partial charge in [-0.1, -0.05) is 18.2 Å². The van der Waals surface area contributed by atoms with Gasteiger partial charge in [-0.2, -0.15) is 0 Å². The highest BCUT2D eigenvalue weighted by Gasteiger charge is 2.02. The quantitative estimate of drug-likeness (QED) is 0.754. The van der Waals surface area contributed by atoms with Gasteiger partial charge in [0.05, 0.1) is 18.2 Å². The Hall–Kier alpha value is -2.62. The standard InChI is InChI=1S/C17H16FN3/c1-12-2-5-15(18)8-14(12)9-20-16-6-3-13(4-7-16)17-10-19-11-21-17/h2-8,10-11,20H,9H2,1H3,(H,19,21). The van der Waals surface area contributed by atoms with Gasteiger partial charge in [0, 0.05) is 12.2 Å². The van der Waals surface area contributed by atoms with Gasteiger partial charge in [-0.15, -0.1) is 0 Å². The van der Waals surface area contributed by atoms with Gasteiger partial charge < -0.3 is 10.3 Å². The van der Waals surface area contributed by atoms with E-state index in [0.717, 1.165) is 28.1 Å². The molecule has 0 atom stereocenters. The molecular formula is C17H16FN3. The molecule has 2 aromatic carbocycles. The fourth-order valence-electron chi connectivity index (χ4n) is 2.21. The Morgan fingerprint density at radius 1 is 1.14 bits per heavy atom. The number of benzene rings is 2. The number of nitrogens with one attached hydrogen (secondary N) is 2. The number of hydrogen-bond acceptors (Lipinski definition) is 2. The van der Waals surface area contributed by atoms with E-state index in [1.54, 1.807) is 24.7 Å². The molecule has 3 rings (SSSR count). The van der Waals surface area contributed by atoms with Gasteiger partial charge in [-0.05, 0) is 47.9 Å². The molecule has 0 radical (unpaired) electrons. The van der Waals surface area contributed by atoms with Crippen LogP contribution in [0.2, 0.25) is 0 Å². The summed E-state index contributed by atoms with van der Waals surface area (Å²) >= 11 is 0. The molecule has 21 heavy (non-hydrogen) atoms. The fourth-order valence-corrected chi connectivity index (χ4v) is 2.21. The summed E-state index contributed by atoms with van der Waals surface area (Å²) in [6, 6.07) is 12.9. The average Bonchev–Trinajstić information content (AvgIpc) is 3.03. The fraction of sp³-hybridized carbons (Fsp3) is 0.118. The van der Waals surface area contributed by atoms with E-state index in [0.29, 0.717) is 6.54 Å². The molecule has 0 amide bonds. The minimum Gasteiger partial charge on any atom is -0.381 e. The lowest BCUT2D eigenvalue weighted by Gasteiger charge is -2.09. The first-order valence-electron chi connectivity index (χ1n) is 6.80. The van der Waals surface area contributed by atoms with Crippen molar-refractivity contribution in [2.24, 2.45) is 0 Å². The zero-order chi connectivity index (χ0) is 14.7. The largest absolute Gasteiger partial charge is 0.381 e. The molecule has 0 spiro atoms. The molecule has 0 aliphatic heterocycles. The second kappa shape index (κ2) is 5.79. The Labute approximate surface area is 122 Å². The van der Waals surface area contributed by atoms with E-state index in [1.807, 2.05) is 31.2 Å². The molecule has 0 fully saturated rings. The number of hydrogen-bond donors (Lipinski definition) is 2. The molecule has 0 aliphatic carbocycles. The Bertz CT molecular complexity index is 718. The van der Waals surface area contributed by atoms with E-state index in [1.165, 1.54) is 6.07 Å². The van der Waals surface area contributed by atoms with Crippen molar-refractivity contribution in [3.63, 3.8) is 0 Å². The van der Waals surface area contributed by atoms with Crippen LogP contribution in [0.1, 0.15) is 11.1 Å². The van der Waals surface area contributed by atoms with Crippen LogP contribution in [0, 0.1) is 12.7 Å². The van der Waals surface area contributed by atoms with Crippen molar-refractivity contribution in [3.05, 3.63) is 71.9 Å². The highest BCUT2D eigenvalue weighted by molar-refractivity contribution is 5.62. The van der Waals surface area contributed by atoms with Crippen LogP contribution in [0.4, 0.5) is 10.1 Å². The van der Waals surface area contributed by atoms with Crippen molar-refractivity contribution >= 4 is 5.69 Å². The van der Waals surface area contributed by atoms with E-state index < -0.39 is 0 Å². The van der Waals surface area contributed by atoms with E-state index >= 15 is 0 Å². The average molecular weight is 281 g/mol. The van der Waals surface area contributed by atoms with Crippen molar-refractivity contribution in [2.45, 2.75) is 13.5 Å². The molecule has 0 unspecified atom stereocenters. The monoisotopic (exact) mass is 281 g/mol. The van der Waals surface area contributed by atoms with E-state index in [4.69, 9.17) is 0 Å². The molecule has 4 heteroatoms. The number of nitrogens with zero attached hydrogens (tertiary/aromatic N) is 1. The maximum atomic E-state index is 13.2. The van der Waals surface area contributed by atoms with Crippen LogP contribution in [0.3, 0.4) is 0 Å². The van der Waals surface area contributed by atoms with Gasteiger partial charge >= 0.3 is 0 Å². The molecule has 2 N–H and O–H groups in total. The Morgan fingerprint density at radius 3 is 2.67 bits per heavy atom. The van der Waals surface area contributed by atoms with Crippen LogP contribution in [0.25, 0.3) is 11.3 Å². The van der Waals surface area contributed by atoms with Crippen LogP contribution < -0.4 is 5.32 Å². The Balaban J connectivity index is 1.70. The Morgan fingerprint density at radius 2 is 1.95 bits per heavy atom. The molecule has 3 aromatic rings. The van der Waals surface area contributed by atoms with Gasteiger partial charge in [0.2, 0.25) is 0 Å². The van der Waals surface area contributed by atoms with Crippen molar-refractivity contribution < 1.29 is 4.39 Å². The zero-order valence-corrected chi connectivity index (χ0v) is 11.7. The summed E-state index contributed by atoms with van der Waals surface area (Å²) in [5.41, 5.74) is 5.12. The minimum atomic E-state index is -0.202. The van der Waals surface area contributed by atoms with Gasteiger partial charge in [0.15, 0.2) is 0 Å². The molecule has 0 bridgehead atoms. The molecule has 0 aliphatic rings. The summed E-state index contributed by atoms with van der Waals surface area (Å²) in [5, 5.41) is 3.31. The maximum absolute atomic E-state index is 13.2. The lowest BCUT2D eigenvalue weighted by atomic mass is 10.1. The van der Waals surface area contributed by atoms with Crippen molar-refractivity contribution in [1.29, 1.82) is 0 Å². The van der Waals surface area contributed by atoms with E-state index in [-0.39, 0.29) is 5.82 Å². The van der Waals surface area contributed by atoms with Crippen molar-refractivity contribution in [2.75, 3.05) is 5.32 Å². The third kappa shape index (κ3) is 3.11. The third-order valence-corrected chi connectivity index (χ3v) is 3.49. The normalized spacial score (nSPS) is 10.6. The molecule has 3 nitrogen and oxygen atoms in total. The third-order valence-electron chi connectivity index (χ3n) is 3.49. The highest BCUT2D eigenvalue weighted by atomic mass is 19.1. The molecular weight excluding hydrogens is 265 g/mol. The first kappa shape index (κ1) is 13.4. The second-order valence-corrected chi connectivity index (χ2v) is 4.97. The van der Waals surface area contributed by atoms with Crippen LogP contribution in [-0.2, 0) is 6.54 Å². The number of halogens is 1. The molecule has 0 saturated carbocycles. The SMILES string of the molecule is Cc1ccc(F)cc1CNc1ccc(-c2cnc[nH]2)cc1.